The first kappa shape index (κ1) is 12.2. The highest BCUT2D eigenvalue weighted by molar-refractivity contribution is 6.03. The Hall–Kier alpha value is -0.830. The highest BCUT2D eigenvalue weighted by Gasteiger charge is 2.35. The van der Waals surface area contributed by atoms with Crippen LogP contribution in [0, 0.1) is 5.92 Å². The topological polar surface area (TPSA) is 35.8 Å². The van der Waals surface area contributed by atoms with Gasteiger partial charge in [-0.1, -0.05) is 24.6 Å². The zero-order valence-electron chi connectivity index (χ0n) is 10.4. The van der Waals surface area contributed by atoms with Gasteiger partial charge >= 0.3 is 0 Å². The summed E-state index contributed by atoms with van der Waals surface area (Å²) in [6.45, 7) is 6.48. The molecule has 1 aliphatic rings. The summed E-state index contributed by atoms with van der Waals surface area (Å²) in [6.07, 6.45) is 4.16. The van der Waals surface area contributed by atoms with Gasteiger partial charge in [0.15, 0.2) is 0 Å². The summed E-state index contributed by atoms with van der Waals surface area (Å²) >= 11 is 0. The SMILES string of the molecule is CC(C)C1=C/C(=N/O)C(C)(N(C)C)CC1. The fourth-order valence-electron chi connectivity index (χ4n) is 1.96. The maximum Gasteiger partial charge on any atom is 0.0995 e. The summed E-state index contributed by atoms with van der Waals surface area (Å²) in [7, 11) is 4.05. The van der Waals surface area contributed by atoms with Crippen LogP contribution in [0.1, 0.15) is 33.6 Å². The zero-order chi connectivity index (χ0) is 11.6. The molecular formula is C12H22N2O. The normalized spacial score (nSPS) is 30.1. The molecule has 1 aliphatic carbocycles. The molecule has 1 atom stereocenters. The van der Waals surface area contributed by atoms with E-state index in [9.17, 15) is 0 Å². The predicted octanol–water partition coefficient (Wildman–Crippen LogP) is 2.51. The molecule has 15 heavy (non-hydrogen) atoms. The molecule has 0 fully saturated rings. The molecule has 0 aromatic carbocycles. The zero-order valence-corrected chi connectivity index (χ0v) is 10.4. The minimum atomic E-state index is -0.132. The summed E-state index contributed by atoms with van der Waals surface area (Å²) in [5.41, 5.74) is 2.03. The first-order chi connectivity index (χ1) is 6.91. The molecule has 3 heteroatoms. The molecule has 0 aliphatic heterocycles. The van der Waals surface area contributed by atoms with Gasteiger partial charge in [-0.3, -0.25) is 4.90 Å². The monoisotopic (exact) mass is 210 g/mol. The highest BCUT2D eigenvalue weighted by atomic mass is 16.4. The number of nitrogens with zero attached hydrogens (tertiary/aromatic N) is 2. The molecule has 0 saturated carbocycles. The third kappa shape index (κ3) is 2.23. The van der Waals surface area contributed by atoms with Crippen LogP contribution in [0.25, 0.3) is 0 Å². The summed E-state index contributed by atoms with van der Waals surface area (Å²) < 4.78 is 0. The van der Waals surface area contributed by atoms with Crippen molar-refractivity contribution in [2.75, 3.05) is 14.1 Å². The van der Waals surface area contributed by atoms with Crippen LogP contribution in [0.15, 0.2) is 16.8 Å². The lowest BCUT2D eigenvalue weighted by Crippen LogP contribution is -2.49. The van der Waals surface area contributed by atoms with E-state index in [1.54, 1.807) is 0 Å². The van der Waals surface area contributed by atoms with E-state index in [2.05, 4.69) is 30.8 Å². The van der Waals surface area contributed by atoms with Gasteiger partial charge in [0.2, 0.25) is 0 Å². The molecule has 0 aromatic rings. The minimum absolute atomic E-state index is 0.132. The van der Waals surface area contributed by atoms with Crippen LogP contribution < -0.4 is 0 Å². The second kappa shape index (κ2) is 4.35. The van der Waals surface area contributed by atoms with Crippen molar-refractivity contribution in [2.24, 2.45) is 11.1 Å². The number of rotatable bonds is 2. The molecular weight excluding hydrogens is 188 g/mol. The van der Waals surface area contributed by atoms with E-state index in [1.807, 2.05) is 20.2 Å². The Morgan fingerprint density at radius 2 is 2.07 bits per heavy atom. The van der Waals surface area contributed by atoms with E-state index in [0.717, 1.165) is 18.6 Å². The van der Waals surface area contributed by atoms with Gasteiger partial charge in [-0.2, -0.15) is 0 Å². The molecule has 0 bridgehead atoms. The molecule has 0 amide bonds. The van der Waals surface area contributed by atoms with Crippen LogP contribution in [0.2, 0.25) is 0 Å². The van der Waals surface area contributed by atoms with Gasteiger partial charge in [0.25, 0.3) is 0 Å². The Kier molecular flexibility index (Phi) is 3.55. The molecule has 0 radical (unpaired) electrons. The fourth-order valence-corrected chi connectivity index (χ4v) is 1.96. The second-order valence-electron chi connectivity index (χ2n) is 5.03. The maximum atomic E-state index is 9.09. The summed E-state index contributed by atoms with van der Waals surface area (Å²) in [5.74, 6) is 0.536. The number of oxime groups is 1. The first-order valence-corrected chi connectivity index (χ1v) is 5.52. The third-order valence-electron chi connectivity index (χ3n) is 3.61. The molecule has 0 aromatic heterocycles. The average Bonchev–Trinajstić information content (AvgIpc) is 2.17. The van der Waals surface area contributed by atoms with Crippen molar-refractivity contribution in [3.05, 3.63) is 11.6 Å². The Labute approximate surface area is 92.5 Å². The van der Waals surface area contributed by atoms with Crippen LogP contribution in [0.5, 0.6) is 0 Å². The van der Waals surface area contributed by atoms with Crippen LogP contribution in [0.4, 0.5) is 0 Å². The van der Waals surface area contributed by atoms with Gasteiger partial charge in [0.05, 0.1) is 11.3 Å². The summed E-state index contributed by atoms with van der Waals surface area (Å²) in [4.78, 5) is 2.12. The van der Waals surface area contributed by atoms with Gasteiger partial charge in [-0.15, -0.1) is 0 Å². The third-order valence-corrected chi connectivity index (χ3v) is 3.61. The highest BCUT2D eigenvalue weighted by Crippen LogP contribution is 2.32. The molecule has 1 unspecified atom stereocenters. The maximum absolute atomic E-state index is 9.09. The van der Waals surface area contributed by atoms with E-state index in [-0.39, 0.29) is 5.54 Å². The van der Waals surface area contributed by atoms with Crippen LogP contribution >= 0.6 is 0 Å². The Morgan fingerprint density at radius 1 is 1.47 bits per heavy atom. The molecule has 1 rings (SSSR count). The predicted molar refractivity (Wildman–Crippen MR) is 63.5 cm³/mol. The molecule has 3 nitrogen and oxygen atoms in total. The van der Waals surface area contributed by atoms with Crippen LogP contribution in [-0.4, -0.2) is 35.5 Å². The smallest absolute Gasteiger partial charge is 0.0995 e. The number of hydrogen-bond donors (Lipinski definition) is 1. The summed E-state index contributed by atoms with van der Waals surface area (Å²) in [6, 6.07) is 0. The summed E-state index contributed by atoms with van der Waals surface area (Å²) in [5, 5.41) is 12.5. The standard InChI is InChI=1S/C12H22N2O/c1-9(2)10-6-7-12(3,14(4)5)11(8-10)13-15/h8-9,15H,6-7H2,1-5H3/b13-11-. The quantitative estimate of drug-likeness (QED) is 0.561. The Balaban J connectivity index is 3.03. The Morgan fingerprint density at radius 3 is 2.47 bits per heavy atom. The number of hydrogen-bond acceptors (Lipinski definition) is 3. The van der Waals surface area contributed by atoms with Crippen molar-refractivity contribution in [1.82, 2.24) is 4.90 Å². The molecule has 0 saturated heterocycles. The van der Waals surface area contributed by atoms with Gasteiger partial charge in [-0.25, -0.2) is 0 Å². The van der Waals surface area contributed by atoms with Gasteiger partial charge < -0.3 is 5.21 Å². The van der Waals surface area contributed by atoms with Crippen molar-refractivity contribution in [2.45, 2.75) is 39.2 Å². The van der Waals surface area contributed by atoms with Crippen molar-refractivity contribution >= 4 is 5.71 Å². The van der Waals surface area contributed by atoms with E-state index < -0.39 is 0 Å². The Bertz CT molecular complexity index is 292. The molecule has 1 N–H and O–H groups in total. The number of allylic oxidation sites excluding steroid dienone is 1. The van der Waals surface area contributed by atoms with Crippen LogP contribution in [-0.2, 0) is 0 Å². The van der Waals surface area contributed by atoms with Gasteiger partial charge in [0, 0.05) is 0 Å². The molecule has 0 spiro atoms. The van der Waals surface area contributed by atoms with Crippen molar-refractivity contribution < 1.29 is 5.21 Å². The lowest BCUT2D eigenvalue weighted by Gasteiger charge is -2.39. The lowest BCUT2D eigenvalue weighted by atomic mass is 9.78. The molecule has 86 valence electrons. The van der Waals surface area contributed by atoms with E-state index in [1.165, 1.54) is 5.57 Å². The van der Waals surface area contributed by atoms with Crippen molar-refractivity contribution in [3.63, 3.8) is 0 Å². The average molecular weight is 210 g/mol. The molecule has 0 heterocycles. The fraction of sp³-hybridized carbons (Fsp3) is 0.750. The van der Waals surface area contributed by atoms with E-state index >= 15 is 0 Å². The van der Waals surface area contributed by atoms with Gasteiger partial charge in [-0.05, 0) is 45.9 Å². The van der Waals surface area contributed by atoms with Crippen molar-refractivity contribution in [1.29, 1.82) is 0 Å². The first-order valence-electron chi connectivity index (χ1n) is 5.52. The van der Waals surface area contributed by atoms with E-state index in [4.69, 9.17) is 5.21 Å². The second-order valence-corrected chi connectivity index (χ2v) is 5.03. The largest absolute Gasteiger partial charge is 0.411 e. The van der Waals surface area contributed by atoms with Crippen molar-refractivity contribution in [3.8, 4) is 0 Å². The minimum Gasteiger partial charge on any atom is -0.411 e. The van der Waals surface area contributed by atoms with E-state index in [0.29, 0.717) is 5.92 Å². The van der Waals surface area contributed by atoms with Gasteiger partial charge in [0.1, 0.15) is 0 Å². The van der Waals surface area contributed by atoms with Crippen LogP contribution in [0.3, 0.4) is 0 Å². The lowest BCUT2D eigenvalue weighted by molar-refractivity contribution is 0.221.